The average Bonchev–Trinajstić information content (AvgIpc) is 2.88. The van der Waals surface area contributed by atoms with E-state index >= 15 is 0 Å². The number of nitrogens with zero attached hydrogens (tertiary/aromatic N) is 2. The fourth-order valence-electron chi connectivity index (χ4n) is 2.49. The Kier molecular flexibility index (Phi) is 4.36. The van der Waals surface area contributed by atoms with Crippen molar-refractivity contribution in [3.63, 3.8) is 0 Å². The van der Waals surface area contributed by atoms with Crippen molar-refractivity contribution in [1.29, 1.82) is 0 Å². The van der Waals surface area contributed by atoms with Gasteiger partial charge in [-0.1, -0.05) is 0 Å². The lowest BCUT2D eigenvalue weighted by molar-refractivity contribution is 0.488. The lowest BCUT2D eigenvalue weighted by atomic mass is 10.0. The first-order valence-electron chi connectivity index (χ1n) is 6.85. The van der Waals surface area contributed by atoms with Crippen LogP contribution >= 0.6 is 0 Å². The summed E-state index contributed by atoms with van der Waals surface area (Å²) in [5.74, 6) is 0.514. The Bertz CT molecular complexity index is 552. The van der Waals surface area contributed by atoms with Gasteiger partial charge in [0.25, 0.3) is 0 Å². The number of rotatable bonds is 4. The van der Waals surface area contributed by atoms with Crippen molar-refractivity contribution in [2.45, 2.75) is 24.3 Å². The van der Waals surface area contributed by atoms with E-state index in [9.17, 15) is 8.42 Å². The standard InChI is InChI=1S/C14H23N3O2S/c1-11(15)12-8-9-17(10-12)13-4-6-14(7-5-13)20(18,19)16(2)3/h4-7,11-12H,8-10,15H2,1-3H3. The topological polar surface area (TPSA) is 66.6 Å². The third kappa shape index (κ3) is 2.97. The van der Waals surface area contributed by atoms with Gasteiger partial charge >= 0.3 is 0 Å². The molecule has 1 saturated heterocycles. The molecule has 1 aromatic carbocycles. The van der Waals surface area contributed by atoms with Crippen LogP contribution in [0.3, 0.4) is 0 Å². The largest absolute Gasteiger partial charge is 0.371 e. The van der Waals surface area contributed by atoms with Gasteiger partial charge in [0.15, 0.2) is 0 Å². The molecule has 2 N–H and O–H groups in total. The minimum absolute atomic E-state index is 0.202. The molecule has 0 aliphatic carbocycles. The lowest BCUT2D eigenvalue weighted by Gasteiger charge is -2.20. The molecule has 1 heterocycles. The van der Waals surface area contributed by atoms with Crippen molar-refractivity contribution in [2.75, 3.05) is 32.1 Å². The minimum atomic E-state index is -3.35. The summed E-state index contributed by atoms with van der Waals surface area (Å²) in [6.45, 7) is 3.96. The zero-order valence-electron chi connectivity index (χ0n) is 12.3. The molecule has 112 valence electrons. The van der Waals surface area contributed by atoms with Crippen molar-refractivity contribution in [3.8, 4) is 0 Å². The van der Waals surface area contributed by atoms with Crippen LogP contribution in [0.5, 0.6) is 0 Å². The molecule has 2 rings (SSSR count). The molecule has 5 nitrogen and oxygen atoms in total. The van der Waals surface area contributed by atoms with E-state index in [1.807, 2.05) is 19.1 Å². The number of sulfonamides is 1. The van der Waals surface area contributed by atoms with E-state index in [-0.39, 0.29) is 6.04 Å². The van der Waals surface area contributed by atoms with E-state index in [2.05, 4.69) is 4.90 Å². The van der Waals surface area contributed by atoms with Crippen LogP contribution in [0.15, 0.2) is 29.2 Å². The summed E-state index contributed by atoms with van der Waals surface area (Å²) >= 11 is 0. The zero-order chi connectivity index (χ0) is 14.9. The van der Waals surface area contributed by atoms with Crippen molar-refractivity contribution in [3.05, 3.63) is 24.3 Å². The molecule has 0 bridgehead atoms. The van der Waals surface area contributed by atoms with Crippen LogP contribution in [0.25, 0.3) is 0 Å². The van der Waals surface area contributed by atoms with E-state index < -0.39 is 10.0 Å². The first-order chi connectivity index (χ1) is 9.32. The van der Waals surface area contributed by atoms with Crippen molar-refractivity contribution in [2.24, 2.45) is 11.7 Å². The number of hydrogen-bond donors (Lipinski definition) is 1. The number of hydrogen-bond acceptors (Lipinski definition) is 4. The van der Waals surface area contributed by atoms with Gasteiger partial charge in [-0.3, -0.25) is 0 Å². The van der Waals surface area contributed by atoms with E-state index in [1.165, 1.54) is 18.4 Å². The van der Waals surface area contributed by atoms with Crippen LogP contribution in [0.1, 0.15) is 13.3 Å². The fourth-order valence-corrected chi connectivity index (χ4v) is 3.39. The van der Waals surface area contributed by atoms with Gasteiger partial charge in [-0.05, 0) is 43.5 Å². The van der Waals surface area contributed by atoms with Crippen molar-refractivity contribution >= 4 is 15.7 Å². The highest BCUT2D eigenvalue weighted by molar-refractivity contribution is 7.89. The second-order valence-corrected chi connectivity index (χ2v) is 7.79. The Morgan fingerprint density at radius 2 is 1.90 bits per heavy atom. The van der Waals surface area contributed by atoms with Crippen LogP contribution in [0.2, 0.25) is 0 Å². The van der Waals surface area contributed by atoms with E-state index in [0.29, 0.717) is 10.8 Å². The van der Waals surface area contributed by atoms with Crippen LogP contribution in [-0.4, -0.2) is 45.9 Å². The van der Waals surface area contributed by atoms with Crippen LogP contribution in [-0.2, 0) is 10.0 Å². The molecule has 1 aromatic rings. The summed E-state index contributed by atoms with van der Waals surface area (Å²) in [6.07, 6.45) is 1.09. The minimum Gasteiger partial charge on any atom is -0.371 e. The molecule has 0 saturated carbocycles. The Morgan fingerprint density at radius 1 is 1.30 bits per heavy atom. The monoisotopic (exact) mass is 297 g/mol. The average molecular weight is 297 g/mol. The van der Waals surface area contributed by atoms with Gasteiger partial charge in [0.1, 0.15) is 0 Å². The summed E-state index contributed by atoms with van der Waals surface area (Å²) in [5.41, 5.74) is 7.00. The maximum absolute atomic E-state index is 12.0. The summed E-state index contributed by atoms with van der Waals surface area (Å²) in [6, 6.07) is 7.29. The summed E-state index contributed by atoms with van der Waals surface area (Å²) in [5, 5.41) is 0. The van der Waals surface area contributed by atoms with Gasteiger partial charge in [-0.15, -0.1) is 0 Å². The molecule has 1 aliphatic rings. The van der Waals surface area contributed by atoms with E-state index in [1.54, 1.807) is 12.1 Å². The molecule has 0 amide bonds. The highest BCUT2D eigenvalue weighted by Gasteiger charge is 2.25. The molecule has 20 heavy (non-hydrogen) atoms. The quantitative estimate of drug-likeness (QED) is 0.904. The second kappa shape index (κ2) is 5.71. The van der Waals surface area contributed by atoms with Crippen LogP contribution in [0.4, 0.5) is 5.69 Å². The molecule has 6 heteroatoms. The Morgan fingerprint density at radius 3 is 2.35 bits per heavy atom. The molecule has 0 aromatic heterocycles. The molecule has 2 atom stereocenters. The predicted molar refractivity (Wildman–Crippen MR) is 81.3 cm³/mol. The molecule has 0 spiro atoms. The normalized spacial score (nSPS) is 21.4. The first-order valence-corrected chi connectivity index (χ1v) is 8.29. The Balaban J connectivity index is 2.14. The molecule has 2 unspecified atom stereocenters. The SMILES string of the molecule is CC(N)C1CCN(c2ccc(S(=O)(=O)N(C)C)cc2)C1. The van der Waals surface area contributed by atoms with Gasteiger partial charge in [0, 0.05) is 38.9 Å². The van der Waals surface area contributed by atoms with Gasteiger partial charge in [-0.25, -0.2) is 12.7 Å². The van der Waals surface area contributed by atoms with E-state index in [4.69, 9.17) is 5.73 Å². The molecule has 1 aliphatic heterocycles. The molecular weight excluding hydrogens is 274 g/mol. The highest BCUT2D eigenvalue weighted by atomic mass is 32.2. The third-order valence-electron chi connectivity index (χ3n) is 3.95. The maximum atomic E-state index is 12.0. The van der Waals surface area contributed by atoms with Gasteiger partial charge in [0.05, 0.1) is 4.90 Å². The second-order valence-electron chi connectivity index (χ2n) is 5.64. The van der Waals surface area contributed by atoms with Gasteiger partial charge < -0.3 is 10.6 Å². The van der Waals surface area contributed by atoms with Gasteiger partial charge in [0.2, 0.25) is 10.0 Å². The third-order valence-corrected chi connectivity index (χ3v) is 5.78. The molecule has 1 fully saturated rings. The Labute approximate surface area is 121 Å². The number of benzene rings is 1. The van der Waals surface area contributed by atoms with Crippen molar-refractivity contribution < 1.29 is 8.42 Å². The number of nitrogens with two attached hydrogens (primary N) is 1. The smallest absolute Gasteiger partial charge is 0.242 e. The molecular formula is C14H23N3O2S. The van der Waals surface area contributed by atoms with Gasteiger partial charge in [-0.2, -0.15) is 0 Å². The predicted octanol–water partition coefficient (Wildman–Crippen LogP) is 1.11. The fraction of sp³-hybridized carbons (Fsp3) is 0.571. The summed E-state index contributed by atoms with van der Waals surface area (Å²) in [4.78, 5) is 2.59. The number of anilines is 1. The maximum Gasteiger partial charge on any atom is 0.242 e. The zero-order valence-corrected chi connectivity index (χ0v) is 13.1. The highest BCUT2D eigenvalue weighted by Crippen LogP contribution is 2.26. The van der Waals surface area contributed by atoms with Crippen LogP contribution in [0, 0.1) is 5.92 Å². The molecule has 0 radical (unpaired) electrons. The summed E-state index contributed by atoms with van der Waals surface area (Å²) < 4.78 is 25.2. The van der Waals surface area contributed by atoms with Crippen LogP contribution < -0.4 is 10.6 Å². The first kappa shape index (κ1) is 15.3. The Hall–Kier alpha value is -1.11. The summed E-state index contributed by atoms with van der Waals surface area (Å²) in [7, 11) is -0.269. The van der Waals surface area contributed by atoms with Crippen molar-refractivity contribution in [1.82, 2.24) is 4.31 Å². The van der Waals surface area contributed by atoms with E-state index in [0.717, 1.165) is 25.2 Å². The lowest BCUT2D eigenvalue weighted by Crippen LogP contribution is -2.29.